The Labute approximate surface area is 235 Å². The van der Waals surface area contributed by atoms with Crippen LogP contribution in [0, 0.1) is 0 Å². The number of azo groups is 1. The van der Waals surface area contributed by atoms with Crippen LogP contribution < -0.4 is 0 Å². The molecule has 8 nitrogen and oxygen atoms in total. The van der Waals surface area contributed by atoms with Crippen molar-refractivity contribution in [1.82, 2.24) is 24.9 Å². The third kappa shape index (κ3) is 5.63. The summed E-state index contributed by atoms with van der Waals surface area (Å²) in [5.41, 5.74) is 10.7. The second-order valence-corrected chi connectivity index (χ2v) is 9.69. The molecule has 2 N–H and O–H groups in total. The Hall–Kier alpha value is -5.47. The van der Waals surface area contributed by atoms with E-state index >= 15 is 0 Å². The van der Waals surface area contributed by atoms with Gasteiger partial charge in [-0.3, -0.25) is 4.98 Å². The summed E-state index contributed by atoms with van der Waals surface area (Å²) in [4.78, 5) is 20.8. The maximum absolute atomic E-state index is 6.27. The van der Waals surface area contributed by atoms with E-state index in [0.717, 1.165) is 61.7 Å². The van der Waals surface area contributed by atoms with Gasteiger partial charge in [-0.05, 0) is 85.0 Å². The molecule has 41 heavy (non-hydrogen) atoms. The van der Waals surface area contributed by atoms with Gasteiger partial charge in [-0.1, -0.05) is 18.2 Å². The average Bonchev–Trinajstić information content (AvgIpc) is 3.81. The fourth-order valence-corrected chi connectivity index (χ4v) is 4.73. The van der Waals surface area contributed by atoms with Crippen molar-refractivity contribution in [2.45, 2.75) is 13.2 Å². The van der Waals surface area contributed by atoms with Gasteiger partial charge in [-0.15, -0.1) is 5.11 Å². The number of hydrogen-bond acceptors (Lipinski definition) is 6. The van der Waals surface area contributed by atoms with E-state index in [0.29, 0.717) is 18.9 Å². The fourth-order valence-electron chi connectivity index (χ4n) is 4.73. The monoisotopic (exact) mass is 535 g/mol. The van der Waals surface area contributed by atoms with Crippen molar-refractivity contribution < 1.29 is 4.74 Å². The second kappa shape index (κ2) is 11.0. The quantitative estimate of drug-likeness (QED) is 0.209. The van der Waals surface area contributed by atoms with E-state index < -0.39 is 0 Å². The number of benzene rings is 1. The topological polar surface area (TPSA) is 104 Å². The minimum atomic E-state index is 0.329. The molecule has 198 valence electrons. The molecular weight excluding hydrogens is 510 g/mol. The van der Waals surface area contributed by atoms with Gasteiger partial charge in [0.2, 0.25) is 0 Å². The first-order chi connectivity index (χ1) is 20.2. The number of aromatic nitrogens is 5. The lowest BCUT2D eigenvalue weighted by atomic mass is 10.1. The third-order valence-corrected chi connectivity index (χ3v) is 6.74. The highest BCUT2D eigenvalue weighted by Crippen LogP contribution is 2.26. The van der Waals surface area contributed by atoms with Gasteiger partial charge in [0.1, 0.15) is 5.69 Å². The number of hydrogen-bond donors (Lipinski definition) is 2. The maximum atomic E-state index is 6.27. The zero-order chi connectivity index (χ0) is 27.4. The molecule has 4 aromatic heterocycles. The first kappa shape index (κ1) is 24.6. The summed E-state index contributed by atoms with van der Waals surface area (Å²) in [6.45, 7) is 0.688. The molecule has 0 saturated heterocycles. The lowest BCUT2D eigenvalue weighted by Crippen LogP contribution is -1.99. The van der Waals surface area contributed by atoms with E-state index in [1.807, 2.05) is 72.8 Å². The molecule has 1 aromatic carbocycles. The molecule has 0 saturated carbocycles. The Morgan fingerprint density at radius 2 is 1.29 bits per heavy atom. The van der Waals surface area contributed by atoms with Crippen molar-refractivity contribution in [3.05, 3.63) is 125 Å². The number of aromatic amines is 2. The fraction of sp³-hybridized carbons (Fsp3) is 0.0606. The maximum Gasteiger partial charge on any atom is 0.104 e. The van der Waals surface area contributed by atoms with Crippen molar-refractivity contribution in [3.8, 4) is 0 Å². The summed E-state index contributed by atoms with van der Waals surface area (Å²) in [5, 5.41) is 8.75. The van der Waals surface area contributed by atoms with Crippen molar-refractivity contribution in [2.24, 2.45) is 10.2 Å². The van der Waals surface area contributed by atoms with Crippen LogP contribution in [0.4, 0.5) is 11.4 Å². The average molecular weight is 536 g/mol. The van der Waals surface area contributed by atoms with Crippen molar-refractivity contribution in [1.29, 1.82) is 0 Å². The molecule has 0 atom stereocenters. The van der Waals surface area contributed by atoms with Crippen LogP contribution in [0.5, 0.6) is 0 Å². The molecule has 0 aliphatic carbocycles. The lowest BCUT2D eigenvalue weighted by Gasteiger charge is -2.08. The summed E-state index contributed by atoms with van der Waals surface area (Å²) in [6.07, 6.45) is 11.4. The summed E-state index contributed by atoms with van der Waals surface area (Å²) in [7, 11) is 0. The van der Waals surface area contributed by atoms with Gasteiger partial charge in [0.05, 0.1) is 47.9 Å². The lowest BCUT2D eigenvalue weighted by molar-refractivity contribution is 0.107. The molecule has 7 rings (SSSR count). The van der Waals surface area contributed by atoms with Gasteiger partial charge >= 0.3 is 0 Å². The highest BCUT2D eigenvalue weighted by molar-refractivity contribution is 5.79. The highest BCUT2D eigenvalue weighted by atomic mass is 16.5. The minimum absolute atomic E-state index is 0.329. The SMILES string of the molecule is C1=Cc2nc1cc1ccc(cc3ccc(cc4nc(c2COCc2ccccc2N=Nc2cccnc2)C=C4)[nH]3)[nH]1. The van der Waals surface area contributed by atoms with Gasteiger partial charge in [0.25, 0.3) is 0 Å². The Morgan fingerprint density at radius 3 is 1.95 bits per heavy atom. The Balaban J connectivity index is 1.24. The summed E-state index contributed by atoms with van der Waals surface area (Å²) in [6, 6.07) is 25.9. The largest absolute Gasteiger partial charge is 0.372 e. The van der Waals surface area contributed by atoms with E-state index in [4.69, 9.17) is 14.7 Å². The molecule has 0 amide bonds. The van der Waals surface area contributed by atoms with Crippen LogP contribution in [0.15, 0.2) is 101 Å². The molecule has 0 spiro atoms. The molecule has 2 aliphatic rings. The second-order valence-electron chi connectivity index (χ2n) is 9.69. The molecule has 6 heterocycles. The first-order valence-electron chi connectivity index (χ1n) is 13.3. The predicted octanol–water partition coefficient (Wildman–Crippen LogP) is 8.18. The molecule has 2 aliphatic heterocycles. The normalized spacial score (nSPS) is 12.4. The number of fused-ring (bicyclic) bond motifs is 8. The van der Waals surface area contributed by atoms with Crippen molar-refractivity contribution in [3.63, 3.8) is 0 Å². The number of nitrogens with one attached hydrogen (secondary N) is 2. The van der Waals surface area contributed by atoms with Gasteiger partial charge < -0.3 is 14.7 Å². The van der Waals surface area contributed by atoms with Crippen LogP contribution in [0.25, 0.3) is 46.4 Å². The number of nitrogens with zero attached hydrogens (tertiary/aromatic N) is 5. The molecule has 8 bridgehead atoms. The van der Waals surface area contributed by atoms with E-state index in [1.165, 1.54) is 0 Å². The Kier molecular flexibility index (Phi) is 6.56. The predicted molar refractivity (Wildman–Crippen MR) is 162 cm³/mol. The molecule has 0 fully saturated rings. The minimum Gasteiger partial charge on any atom is -0.372 e. The summed E-state index contributed by atoms with van der Waals surface area (Å²) < 4.78 is 6.27. The van der Waals surface area contributed by atoms with E-state index in [2.05, 4.69) is 55.5 Å². The van der Waals surface area contributed by atoms with Crippen LogP contribution in [-0.4, -0.2) is 24.9 Å². The van der Waals surface area contributed by atoms with Crippen LogP contribution in [0.1, 0.15) is 33.9 Å². The van der Waals surface area contributed by atoms with Crippen LogP contribution >= 0.6 is 0 Å². The third-order valence-electron chi connectivity index (χ3n) is 6.74. The molecule has 0 radical (unpaired) electrons. The number of ether oxygens (including phenoxy) is 1. The Morgan fingerprint density at radius 1 is 0.634 bits per heavy atom. The zero-order valence-electron chi connectivity index (χ0n) is 22.0. The van der Waals surface area contributed by atoms with Crippen molar-refractivity contribution in [2.75, 3.05) is 0 Å². The van der Waals surface area contributed by atoms with E-state index in [1.54, 1.807) is 12.4 Å². The van der Waals surface area contributed by atoms with Crippen molar-refractivity contribution >= 4 is 57.7 Å². The number of H-pyrrole nitrogens is 2. The van der Waals surface area contributed by atoms with Crippen LogP contribution in [-0.2, 0) is 18.0 Å². The highest BCUT2D eigenvalue weighted by Gasteiger charge is 2.13. The first-order valence-corrected chi connectivity index (χ1v) is 13.3. The Bertz CT molecular complexity index is 1890. The standard InChI is InChI=1S/C33H25N7O/c1-2-6-31(40-39-29-5-3-15-34-19-29)22(4-1)20-41-21-30-32-13-11-27(37-32)17-25-9-7-23(35-25)16-24-8-10-26(36-24)18-28-12-14-33(30)38-28/h1-19,35-36H,20-21H2. The molecule has 0 unspecified atom stereocenters. The zero-order valence-corrected chi connectivity index (χ0v) is 22.0. The van der Waals surface area contributed by atoms with Gasteiger partial charge in [0, 0.05) is 39.4 Å². The smallest absolute Gasteiger partial charge is 0.104 e. The van der Waals surface area contributed by atoms with Gasteiger partial charge in [0.15, 0.2) is 0 Å². The van der Waals surface area contributed by atoms with Gasteiger partial charge in [-0.2, -0.15) is 5.11 Å². The van der Waals surface area contributed by atoms with Crippen LogP contribution in [0.2, 0.25) is 0 Å². The summed E-state index contributed by atoms with van der Waals surface area (Å²) in [5.74, 6) is 0. The molecule has 5 aromatic rings. The van der Waals surface area contributed by atoms with Gasteiger partial charge in [-0.25, -0.2) is 9.97 Å². The molecule has 8 heteroatoms. The number of pyridine rings is 1. The molecular formula is C33H25N7O. The van der Waals surface area contributed by atoms with E-state index in [-0.39, 0.29) is 0 Å². The number of rotatable bonds is 6. The van der Waals surface area contributed by atoms with Crippen LogP contribution in [0.3, 0.4) is 0 Å². The summed E-state index contributed by atoms with van der Waals surface area (Å²) >= 11 is 0. The van der Waals surface area contributed by atoms with E-state index in [9.17, 15) is 0 Å².